The minimum absolute atomic E-state index is 0.0210. The van der Waals surface area contributed by atoms with Crippen LogP contribution >= 0.6 is 0 Å². The highest BCUT2D eigenvalue weighted by atomic mass is 16.5. The van der Waals surface area contributed by atoms with Gasteiger partial charge >= 0.3 is 0 Å². The third-order valence-corrected chi connectivity index (χ3v) is 5.53. The first-order chi connectivity index (χ1) is 11.5. The van der Waals surface area contributed by atoms with Crippen molar-refractivity contribution in [2.45, 2.75) is 43.9 Å². The van der Waals surface area contributed by atoms with Crippen LogP contribution in [0.25, 0.3) is 0 Å². The zero-order valence-electron chi connectivity index (χ0n) is 14.4. The Labute approximate surface area is 143 Å². The molecule has 1 aromatic carbocycles. The maximum absolute atomic E-state index is 10.1. The lowest BCUT2D eigenvalue weighted by atomic mass is 9.69. The average Bonchev–Trinajstić information content (AvgIpc) is 2.78. The Kier molecular flexibility index (Phi) is 3.70. The first-order valence-corrected chi connectivity index (χ1v) is 8.64. The van der Waals surface area contributed by atoms with Crippen LogP contribution in [0.3, 0.4) is 0 Å². The van der Waals surface area contributed by atoms with Crippen LogP contribution in [0.2, 0.25) is 0 Å². The number of hydrogen-bond acceptors (Lipinski definition) is 4. The van der Waals surface area contributed by atoms with E-state index in [9.17, 15) is 5.11 Å². The largest absolute Gasteiger partial charge is 0.493 e. The van der Waals surface area contributed by atoms with Gasteiger partial charge in [0, 0.05) is 31.6 Å². The molecule has 4 rings (SSSR count). The topological polar surface area (TPSA) is 41.9 Å². The molecule has 4 nitrogen and oxygen atoms in total. The fourth-order valence-corrected chi connectivity index (χ4v) is 4.51. The predicted octanol–water partition coefficient (Wildman–Crippen LogP) is 2.80. The Bertz CT molecular complexity index is 711. The molecule has 2 aliphatic heterocycles. The lowest BCUT2D eigenvalue weighted by Gasteiger charge is -2.35. The van der Waals surface area contributed by atoms with Crippen LogP contribution in [0.4, 0.5) is 0 Å². The molecule has 1 unspecified atom stereocenters. The van der Waals surface area contributed by atoms with Crippen molar-refractivity contribution in [1.82, 2.24) is 4.90 Å². The lowest BCUT2D eigenvalue weighted by Crippen LogP contribution is -2.43. The summed E-state index contributed by atoms with van der Waals surface area (Å²) in [6.45, 7) is 8.95. The van der Waals surface area contributed by atoms with Crippen LogP contribution in [-0.4, -0.2) is 42.4 Å². The van der Waals surface area contributed by atoms with Gasteiger partial charge in [-0.15, -0.1) is 0 Å². The van der Waals surface area contributed by atoms with Gasteiger partial charge in [0.1, 0.15) is 6.10 Å². The second-order valence-corrected chi connectivity index (χ2v) is 7.36. The first kappa shape index (κ1) is 15.7. The third kappa shape index (κ3) is 2.28. The van der Waals surface area contributed by atoms with E-state index in [0.717, 1.165) is 37.6 Å². The summed E-state index contributed by atoms with van der Waals surface area (Å²) in [4.78, 5) is 2.45. The van der Waals surface area contributed by atoms with Crippen LogP contribution in [0, 0.1) is 0 Å². The molecule has 0 bridgehead atoms. The molecule has 2 heterocycles. The molecule has 3 atom stereocenters. The van der Waals surface area contributed by atoms with Crippen LogP contribution < -0.4 is 9.47 Å². The predicted molar refractivity (Wildman–Crippen MR) is 93.6 cm³/mol. The van der Waals surface area contributed by atoms with Gasteiger partial charge in [-0.25, -0.2) is 0 Å². The van der Waals surface area contributed by atoms with Crippen molar-refractivity contribution in [2.75, 3.05) is 20.2 Å². The van der Waals surface area contributed by atoms with E-state index in [-0.39, 0.29) is 11.5 Å². The lowest BCUT2D eigenvalue weighted by molar-refractivity contribution is 0.0815. The Morgan fingerprint density at radius 2 is 2.33 bits per heavy atom. The highest BCUT2D eigenvalue weighted by Gasteiger charge is 2.52. The number of rotatable bonds is 3. The average molecular weight is 327 g/mol. The maximum atomic E-state index is 10.1. The van der Waals surface area contributed by atoms with Gasteiger partial charge in [0.15, 0.2) is 11.5 Å². The van der Waals surface area contributed by atoms with Crippen molar-refractivity contribution in [3.8, 4) is 11.5 Å². The molecule has 1 spiro atoms. The Morgan fingerprint density at radius 1 is 1.50 bits per heavy atom. The number of ether oxygens (including phenoxy) is 2. The van der Waals surface area contributed by atoms with E-state index < -0.39 is 6.10 Å². The molecule has 0 fully saturated rings. The highest BCUT2D eigenvalue weighted by molar-refractivity contribution is 5.61. The Hall–Kier alpha value is -1.78. The van der Waals surface area contributed by atoms with Gasteiger partial charge in [0.25, 0.3) is 0 Å². The van der Waals surface area contributed by atoms with Gasteiger partial charge in [-0.05, 0) is 25.0 Å². The fourth-order valence-electron chi connectivity index (χ4n) is 4.51. The van der Waals surface area contributed by atoms with Crippen molar-refractivity contribution in [2.24, 2.45) is 0 Å². The standard InChI is InChI=1S/C20H25NO3/c1-13(2)11-21-9-8-20-7-6-15(22)10-17(20)24-19-16(23-3)5-4-14(12-21)18(19)20/h4-7,15,17,22H,1,8-12H2,2-3H3/t15-,17+,20?/m1/s1. The molecule has 0 radical (unpaired) electrons. The van der Waals surface area contributed by atoms with Crippen molar-refractivity contribution >= 4 is 0 Å². The number of benzene rings is 1. The zero-order valence-corrected chi connectivity index (χ0v) is 14.4. The van der Waals surface area contributed by atoms with Gasteiger partial charge < -0.3 is 14.6 Å². The first-order valence-electron chi connectivity index (χ1n) is 8.64. The molecule has 1 aliphatic carbocycles. The molecule has 1 aromatic rings. The fraction of sp³-hybridized carbons (Fsp3) is 0.500. The summed E-state index contributed by atoms with van der Waals surface area (Å²) < 4.78 is 11.9. The summed E-state index contributed by atoms with van der Waals surface area (Å²) in [5.41, 5.74) is 3.59. The highest BCUT2D eigenvalue weighted by Crippen LogP contribution is 2.55. The summed E-state index contributed by atoms with van der Waals surface area (Å²) in [7, 11) is 1.69. The molecular formula is C20H25NO3. The van der Waals surface area contributed by atoms with Gasteiger partial charge in [-0.1, -0.05) is 30.4 Å². The maximum Gasteiger partial charge on any atom is 0.166 e. The number of methoxy groups -OCH3 is 1. The molecular weight excluding hydrogens is 302 g/mol. The van der Waals surface area contributed by atoms with Gasteiger partial charge in [0.2, 0.25) is 0 Å². The number of aliphatic hydroxyl groups excluding tert-OH is 1. The van der Waals surface area contributed by atoms with Crippen molar-refractivity contribution in [3.05, 3.63) is 47.6 Å². The van der Waals surface area contributed by atoms with E-state index in [1.54, 1.807) is 7.11 Å². The van der Waals surface area contributed by atoms with Crippen molar-refractivity contribution < 1.29 is 14.6 Å². The second kappa shape index (κ2) is 5.64. The van der Waals surface area contributed by atoms with Crippen LogP contribution in [0.5, 0.6) is 11.5 Å². The quantitative estimate of drug-likeness (QED) is 0.867. The van der Waals surface area contributed by atoms with Crippen LogP contribution in [0.15, 0.2) is 36.4 Å². The molecule has 24 heavy (non-hydrogen) atoms. The smallest absolute Gasteiger partial charge is 0.166 e. The van der Waals surface area contributed by atoms with Gasteiger partial charge in [-0.2, -0.15) is 0 Å². The summed E-state index contributed by atoms with van der Waals surface area (Å²) in [6, 6.07) is 4.17. The third-order valence-electron chi connectivity index (χ3n) is 5.53. The molecule has 0 saturated heterocycles. The van der Waals surface area contributed by atoms with E-state index >= 15 is 0 Å². The molecule has 0 saturated carbocycles. The number of aliphatic hydroxyl groups is 1. The Balaban J connectivity index is 1.85. The van der Waals surface area contributed by atoms with E-state index in [0.29, 0.717) is 6.42 Å². The van der Waals surface area contributed by atoms with Gasteiger partial charge in [0.05, 0.1) is 18.6 Å². The number of nitrogens with zero attached hydrogens (tertiary/aromatic N) is 1. The second-order valence-electron chi connectivity index (χ2n) is 7.36. The van der Waals surface area contributed by atoms with Crippen molar-refractivity contribution in [1.29, 1.82) is 0 Å². The number of hydrogen-bond donors (Lipinski definition) is 1. The van der Waals surface area contributed by atoms with E-state index in [1.807, 2.05) is 12.1 Å². The Morgan fingerprint density at radius 3 is 3.08 bits per heavy atom. The van der Waals surface area contributed by atoms with Crippen LogP contribution in [0.1, 0.15) is 30.9 Å². The minimum atomic E-state index is -0.431. The SMILES string of the molecule is C=C(C)CN1CCC23C=C[C@@H](O)C[C@@H]2Oc2c(OC)ccc(c23)C1. The zero-order chi connectivity index (χ0) is 16.9. The summed E-state index contributed by atoms with van der Waals surface area (Å²) in [5, 5.41) is 10.1. The normalized spacial score (nSPS) is 31.0. The molecule has 3 aliphatic rings. The van der Waals surface area contributed by atoms with Gasteiger partial charge in [-0.3, -0.25) is 4.90 Å². The molecule has 128 valence electrons. The molecule has 4 heteroatoms. The molecule has 0 amide bonds. The van der Waals surface area contributed by atoms with Crippen LogP contribution in [-0.2, 0) is 12.0 Å². The minimum Gasteiger partial charge on any atom is -0.493 e. The van der Waals surface area contributed by atoms with E-state index in [2.05, 4.69) is 30.5 Å². The summed E-state index contributed by atoms with van der Waals surface area (Å²) in [6.07, 6.45) is 5.29. The summed E-state index contributed by atoms with van der Waals surface area (Å²) >= 11 is 0. The monoisotopic (exact) mass is 327 g/mol. The summed E-state index contributed by atoms with van der Waals surface area (Å²) in [5.74, 6) is 1.66. The molecule has 0 aromatic heterocycles. The van der Waals surface area contributed by atoms with Crippen molar-refractivity contribution in [3.63, 3.8) is 0 Å². The van der Waals surface area contributed by atoms with E-state index in [4.69, 9.17) is 9.47 Å². The van der Waals surface area contributed by atoms with E-state index in [1.165, 1.54) is 16.7 Å². The molecule has 1 N–H and O–H groups in total.